The average molecular weight is 401 g/mol. The van der Waals surface area contributed by atoms with Gasteiger partial charge in [-0.15, -0.1) is 0 Å². The molecule has 0 saturated heterocycles. The summed E-state index contributed by atoms with van der Waals surface area (Å²) in [6, 6.07) is 0. The smallest absolute Gasteiger partial charge is 0.220 e. The normalized spacial score (nSPS) is 13.2. The van der Waals surface area contributed by atoms with Gasteiger partial charge in [-0.2, -0.15) is 11.8 Å². The molecule has 0 radical (unpaired) electrons. The van der Waals surface area contributed by atoms with Crippen LogP contribution in [0.3, 0.4) is 0 Å². The highest BCUT2D eigenvalue weighted by molar-refractivity contribution is 7.99. The SMILES string of the molecule is CCCCC(CC)CNC(=O)CCSCCC(=O)NCC(CC)CCCC. The lowest BCUT2D eigenvalue weighted by Crippen LogP contribution is -2.30. The van der Waals surface area contributed by atoms with Gasteiger partial charge in [-0.25, -0.2) is 0 Å². The first kappa shape index (κ1) is 26.3. The van der Waals surface area contributed by atoms with E-state index in [-0.39, 0.29) is 11.8 Å². The Balaban J connectivity index is 3.68. The van der Waals surface area contributed by atoms with Gasteiger partial charge in [0, 0.05) is 37.4 Å². The Morgan fingerprint density at radius 1 is 0.741 bits per heavy atom. The molecule has 0 aliphatic rings. The molecule has 2 amide bonds. The molecule has 0 bridgehead atoms. The molecule has 160 valence electrons. The maximum atomic E-state index is 11.9. The molecule has 2 N–H and O–H groups in total. The van der Waals surface area contributed by atoms with E-state index in [1.165, 1.54) is 38.5 Å². The van der Waals surface area contributed by atoms with Gasteiger partial charge in [0.1, 0.15) is 0 Å². The lowest BCUT2D eigenvalue weighted by Gasteiger charge is -2.15. The highest BCUT2D eigenvalue weighted by Crippen LogP contribution is 2.12. The van der Waals surface area contributed by atoms with Gasteiger partial charge in [-0.1, -0.05) is 66.2 Å². The van der Waals surface area contributed by atoms with Crippen molar-refractivity contribution in [2.75, 3.05) is 24.6 Å². The second kappa shape index (κ2) is 18.6. The fourth-order valence-electron chi connectivity index (χ4n) is 3.01. The van der Waals surface area contributed by atoms with E-state index in [0.717, 1.165) is 37.4 Å². The molecule has 0 aliphatic carbocycles. The third-order valence-corrected chi connectivity index (χ3v) is 6.19. The maximum Gasteiger partial charge on any atom is 0.220 e. The minimum atomic E-state index is 0.142. The summed E-state index contributed by atoms with van der Waals surface area (Å²) < 4.78 is 0. The largest absolute Gasteiger partial charge is 0.356 e. The van der Waals surface area contributed by atoms with Crippen LogP contribution >= 0.6 is 11.8 Å². The fourth-order valence-corrected chi connectivity index (χ4v) is 3.88. The standard InChI is InChI=1S/C22H44N2O2S/c1-5-9-11-19(7-3)17-23-21(25)13-15-27-16-14-22(26)24-18-20(8-4)12-10-6-2/h19-20H,5-18H2,1-4H3,(H,23,25)(H,24,26). The summed E-state index contributed by atoms with van der Waals surface area (Å²) in [4.78, 5) is 23.9. The number of carbonyl (C=O) groups excluding carboxylic acids is 2. The van der Waals surface area contributed by atoms with E-state index in [4.69, 9.17) is 0 Å². The van der Waals surface area contributed by atoms with E-state index in [1.54, 1.807) is 11.8 Å². The number of thioether (sulfide) groups is 1. The summed E-state index contributed by atoms with van der Waals surface area (Å²) in [6.07, 6.45) is 10.7. The Bertz CT molecular complexity index is 343. The highest BCUT2D eigenvalue weighted by atomic mass is 32.2. The van der Waals surface area contributed by atoms with E-state index in [0.29, 0.717) is 24.7 Å². The van der Waals surface area contributed by atoms with Crippen molar-refractivity contribution in [1.82, 2.24) is 10.6 Å². The monoisotopic (exact) mass is 400 g/mol. The molecule has 0 rings (SSSR count). The van der Waals surface area contributed by atoms with Crippen LogP contribution in [-0.4, -0.2) is 36.4 Å². The number of carbonyl (C=O) groups is 2. The van der Waals surface area contributed by atoms with Crippen LogP contribution in [0.4, 0.5) is 0 Å². The first-order valence-corrected chi connectivity index (χ1v) is 12.3. The van der Waals surface area contributed by atoms with Crippen molar-refractivity contribution in [2.24, 2.45) is 11.8 Å². The van der Waals surface area contributed by atoms with E-state index < -0.39 is 0 Å². The molecular formula is C22H44N2O2S. The minimum Gasteiger partial charge on any atom is -0.356 e. The Morgan fingerprint density at radius 3 is 1.48 bits per heavy atom. The lowest BCUT2D eigenvalue weighted by molar-refractivity contribution is -0.121. The maximum absolute atomic E-state index is 11.9. The van der Waals surface area contributed by atoms with Crippen molar-refractivity contribution in [1.29, 1.82) is 0 Å². The second-order valence-electron chi connectivity index (χ2n) is 7.55. The highest BCUT2D eigenvalue weighted by Gasteiger charge is 2.10. The first-order valence-electron chi connectivity index (χ1n) is 11.2. The number of hydrogen-bond donors (Lipinski definition) is 2. The van der Waals surface area contributed by atoms with Gasteiger partial charge in [-0.3, -0.25) is 9.59 Å². The predicted molar refractivity (Wildman–Crippen MR) is 119 cm³/mol. The van der Waals surface area contributed by atoms with Gasteiger partial charge < -0.3 is 10.6 Å². The van der Waals surface area contributed by atoms with Crippen molar-refractivity contribution in [3.63, 3.8) is 0 Å². The summed E-state index contributed by atoms with van der Waals surface area (Å²) in [6.45, 7) is 10.4. The second-order valence-corrected chi connectivity index (χ2v) is 8.78. The Morgan fingerprint density at radius 2 is 1.15 bits per heavy atom. The molecular weight excluding hydrogens is 356 g/mol. The van der Waals surface area contributed by atoms with Crippen LogP contribution in [0, 0.1) is 11.8 Å². The van der Waals surface area contributed by atoms with Crippen LogP contribution in [0.5, 0.6) is 0 Å². The van der Waals surface area contributed by atoms with Gasteiger partial charge in [0.2, 0.25) is 11.8 Å². The number of hydrogen-bond acceptors (Lipinski definition) is 3. The van der Waals surface area contributed by atoms with Gasteiger partial charge >= 0.3 is 0 Å². The van der Waals surface area contributed by atoms with Crippen LogP contribution in [0.25, 0.3) is 0 Å². The topological polar surface area (TPSA) is 58.2 Å². The summed E-state index contributed by atoms with van der Waals surface area (Å²) in [5.41, 5.74) is 0. The molecule has 0 aliphatic heterocycles. The summed E-state index contributed by atoms with van der Waals surface area (Å²) in [5.74, 6) is 3.08. The van der Waals surface area contributed by atoms with E-state index in [9.17, 15) is 9.59 Å². The van der Waals surface area contributed by atoms with Crippen LogP contribution in [0.2, 0.25) is 0 Å². The predicted octanol–water partition coefficient (Wildman–Crippen LogP) is 5.17. The van der Waals surface area contributed by atoms with Crippen LogP contribution in [0.1, 0.15) is 91.9 Å². The zero-order chi connectivity index (χ0) is 20.3. The van der Waals surface area contributed by atoms with Crippen LogP contribution in [-0.2, 0) is 9.59 Å². The number of unbranched alkanes of at least 4 members (excludes halogenated alkanes) is 2. The van der Waals surface area contributed by atoms with E-state index >= 15 is 0 Å². The third kappa shape index (κ3) is 16.0. The Kier molecular flexibility index (Phi) is 18.2. The molecule has 5 heteroatoms. The fraction of sp³-hybridized carbons (Fsp3) is 0.909. The Hall–Kier alpha value is -0.710. The zero-order valence-electron chi connectivity index (χ0n) is 18.3. The molecule has 2 atom stereocenters. The zero-order valence-corrected chi connectivity index (χ0v) is 19.1. The Labute approximate surface area is 172 Å². The van der Waals surface area contributed by atoms with Crippen molar-refractivity contribution in [2.45, 2.75) is 91.9 Å². The van der Waals surface area contributed by atoms with Gasteiger partial charge in [0.15, 0.2) is 0 Å². The first-order chi connectivity index (χ1) is 13.1. The molecule has 4 nitrogen and oxygen atoms in total. The van der Waals surface area contributed by atoms with Crippen molar-refractivity contribution in [3.05, 3.63) is 0 Å². The van der Waals surface area contributed by atoms with Crippen molar-refractivity contribution >= 4 is 23.6 Å². The molecule has 2 unspecified atom stereocenters. The summed E-state index contributed by atoms with van der Waals surface area (Å²) >= 11 is 1.70. The van der Waals surface area contributed by atoms with Crippen molar-refractivity contribution in [3.8, 4) is 0 Å². The van der Waals surface area contributed by atoms with Crippen LogP contribution in [0.15, 0.2) is 0 Å². The van der Waals surface area contributed by atoms with Gasteiger partial charge in [0.05, 0.1) is 0 Å². The molecule has 0 spiro atoms. The molecule has 27 heavy (non-hydrogen) atoms. The van der Waals surface area contributed by atoms with E-state index in [1.807, 2.05) is 0 Å². The molecule has 0 aromatic rings. The molecule has 0 heterocycles. The quantitative estimate of drug-likeness (QED) is 0.312. The van der Waals surface area contributed by atoms with E-state index in [2.05, 4.69) is 38.3 Å². The van der Waals surface area contributed by atoms with Gasteiger partial charge in [0.25, 0.3) is 0 Å². The van der Waals surface area contributed by atoms with Crippen LogP contribution < -0.4 is 10.6 Å². The molecule has 0 aromatic heterocycles. The summed E-state index contributed by atoms with van der Waals surface area (Å²) in [7, 11) is 0. The summed E-state index contributed by atoms with van der Waals surface area (Å²) in [5, 5.41) is 6.13. The average Bonchev–Trinajstić information content (AvgIpc) is 2.68. The molecule has 0 saturated carbocycles. The molecule has 0 fully saturated rings. The number of rotatable bonds is 18. The van der Waals surface area contributed by atoms with Gasteiger partial charge in [-0.05, 0) is 24.7 Å². The lowest BCUT2D eigenvalue weighted by atomic mass is 9.99. The minimum absolute atomic E-state index is 0.142. The number of nitrogens with one attached hydrogen (secondary N) is 2. The molecule has 0 aromatic carbocycles. The van der Waals surface area contributed by atoms with Crippen molar-refractivity contribution < 1.29 is 9.59 Å². The number of amides is 2. The third-order valence-electron chi connectivity index (χ3n) is 5.21.